The number of hydrogen-bond donors (Lipinski definition) is 0. The molecule has 4 nitrogen and oxygen atoms in total. The van der Waals surface area contributed by atoms with Crippen molar-refractivity contribution in [3.63, 3.8) is 0 Å². The van der Waals surface area contributed by atoms with E-state index in [9.17, 15) is 9.59 Å². The molecule has 3 rings (SSSR count). The minimum atomic E-state index is -0.561. The van der Waals surface area contributed by atoms with Crippen molar-refractivity contribution >= 4 is 12.0 Å². The summed E-state index contributed by atoms with van der Waals surface area (Å²) in [7, 11) is 0. The van der Waals surface area contributed by atoms with Crippen LogP contribution in [0.4, 0.5) is 4.79 Å². The quantitative estimate of drug-likeness (QED) is 0.841. The summed E-state index contributed by atoms with van der Waals surface area (Å²) in [5.74, 6) is -0.0297. The highest BCUT2D eigenvalue weighted by Gasteiger charge is 2.44. The number of carbonyl (C=O) groups excluding carboxylic acids is 2. The molecule has 1 aliphatic heterocycles. The van der Waals surface area contributed by atoms with Gasteiger partial charge in [-0.05, 0) is 17.0 Å². The Balaban J connectivity index is 1.78. The van der Waals surface area contributed by atoms with Crippen LogP contribution in [0.5, 0.6) is 0 Å². The third kappa shape index (κ3) is 3.32. The molecule has 24 heavy (non-hydrogen) atoms. The molecule has 1 saturated heterocycles. The smallest absolute Gasteiger partial charge is 0.417 e. The summed E-state index contributed by atoms with van der Waals surface area (Å²) >= 11 is 0. The minimum absolute atomic E-state index is 0.129. The largest absolute Gasteiger partial charge is 0.444 e. The Hall–Kier alpha value is -2.62. The van der Waals surface area contributed by atoms with Crippen molar-refractivity contribution in [1.82, 2.24) is 4.90 Å². The van der Waals surface area contributed by atoms with Gasteiger partial charge in [0.05, 0.1) is 6.04 Å². The van der Waals surface area contributed by atoms with Crippen molar-refractivity contribution in [3.05, 3.63) is 71.8 Å². The van der Waals surface area contributed by atoms with Crippen LogP contribution in [-0.2, 0) is 16.1 Å². The van der Waals surface area contributed by atoms with E-state index >= 15 is 0 Å². The van der Waals surface area contributed by atoms with E-state index in [0.29, 0.717) is 6.42 Å². The number of hydrogen-bond acceptors (Lipinski definition) is 3. The second-order valence-corrected chi connectivity index (χ2v) is 6.03. The molecule has 2 aromatic carbocycles. The maximum Gasteiger partial charge on any atom is 0.417 e. The van der Waals surface area contributed by atoms with Gasteiger partial charge in [-0.25, -0.2) is 9.69 Å². The van der Waals surface area contributed by atoms with Gasteiger partial charge < -0.3 is 4.74 Å². The van der Waals surface area contributed by atoms with Gasteiger partial charge in [0, 0.05) is 6.42 Å². The molecule has 0 N–H and O–H groups in total. The van der Waals surface area contributed by atoms with Crippen molar-refractivity contribution in [2.75, 3.05) is 0 Å². The summed E-state index contributed by atoms with van der Waals surface area (Å²) in [5, 5.41) is 0. The zero-order chi connectivity index (χ0) is 16.9. The van der Waals surface area contributed by atoms with Crippen LogP contribution in [0.15, 0.2) is 60.7 Å². The average Bonchev–Trinajstić information content (AvgIpc) is 2.98. The molecule has 0 aromatic heterocycles. The van der Waals surface area contributed by atoms with E-state index in [4.69, 9.17) is 4.74 Å². The Bertz CT molecular complexity index is 699. The first-order chi connectivity index (χ1) is 11.7. The summed E-state index contributed by atoms with van der Waals surface area (Å²) in [4.78, 5) is 26.3. The Morgan fingerprint density at radius 3 is 2.33 bits per heavy atom. The van der Waals surface area contributed by atoms with E-state index in [1.165, 1.54) is 4.90 Å². The molecular formula is C20H21NO3. The molecule has 0 saturated carbocycles. The van der Waals surface area contributed by atoms with E-state index in [1.54, 1.807) is 0 Å². The fraction of sp³-hybridized carbons (Fsp3) is 0.300. The first kappa shape index (κ1) is 16.2. The van der Waals surface area contributed by atoms with Gasteiger partial charge in [0.1, 0.15) is 6.61 Å². The number of imide groups is 1. The Kier molecular flexibility index (Phi) is 4.94. The molecule has 0 aliphatic carbocycles. The first-order valence-corrected chi connectivity index (χ1v) is 8.28. The zero-order valence-corrected chi connectivity index (χ0v) is 13.7. The molecule has 0 bridgehead atoms. The highest BCUT2D eigenvalue weighted by atomic mass is 16.6. The van der Waals surface area contributed by atoms with E-state index in [-0.39, 0.29) is 24.5 Å². The molecule has 0 radical (unpaired) electrons. The van der Waals surface area contributed by atoms with Crippen LogP contribution in [0.25, 0.3) is 0 Å². The van der Waals surface area contributed by atoms with Crippen LogP contribution in [0.1, 0.15) is 36.9 Å². The predicted molar refractivity (Wildman–Crippen MR) is 91.1 cm³/mol. The first-order valence-electron chi connectivity index (χ1n) is 8.28. The van der Waals surface area contributed by atoms with E-state index < -0.39 is 6.09 Å². The zero-order valence-electron chi connectivity index (χ0n) is 13.7. The molecule has 2 atom stereocenters. The SMILES string of the molecule is CC[C@H]1CC(=O)N(C(=O)OCc2ccccc2)[C@H]1c1ccccc1. The van der Waals surface area contributed by atoms with Gasteiger partial charge in [0.2, 0.25) is 5.91 Å². The van der Waals surface area contributed by atoms with Gasteiger partial charge in [-0.15, -0.1) is 0 Å². The van der Waals surface area contributed by atoms with Crippen molar-refractivity contribution in [3.8, 4) is 0 Å². The number of ether oxygens (including phenoxy) is 1. The highest BCUT2D eigenvalue weighted by molar-refractivity contribution is 5.94. The maximum atomic E-state index is 12.6. The number of amides is 2. The van der Waals surface area contributed by atoms with Crippen molar-refractivity contribution in [1.29, 1.82) is 0 Å². The Labute approximate surface area is 142 Å². The van der Waals surface area contributed by atoms with Crippen LogP contribution in [-0.4, -0.2) is 16.9 Å². The summed E-state index contributed by atoms with van der Waals surface area (Å²) in [6.07, 6.45) is 0.665. The number of rotatable bonds is 4. The van der Waals surface area contributed by atoms with Crippen LogP contribution in [0.3, 0.4) is 0 Å². The topological polar surface area (TPSA) is 46.6 Å². The van der Waals surface area contributed by atoms with Gasteiger partial charge in [0.25, 0.3) is 0 Å². The third-order valence-electron chi connectivity index (χ3n) is 4.50. The lowest BCUT2D eigenvalue weighted by atomic mass is 9.92. The Morgan fingerprint density at radius 2 is 1.71 bits per heavy atom. The van der Waals surface area contributed by atoms with Crippen LogP contribution >= 0.6 is 0 Å². The summed E-state index contributed by atoms with van der Waals surface area (Å²) in [5.41, 5.74) is 1.88. The van der Waals surface area contributed by atoms with Crippen molar-refractivity contribution < 1.29 is 14.3 Å². The molecule has 0 unspecified atom stereocenters. The molecular weight excluding hydrogens is 302 g/mol. The molecule has 1 heterocycles. The average molecular weight is 323 g/mol. The van der Waals surface area contributed by atoms with Gasteiger partial charge in [0.15, 0.2) is 0 Å². The molecule has 0 spiro atoms. The summed E-state index contributed by atoms with van der Waals surface area (Å²) in [6.45, 7) is 2.22. The predicted octanol–water partition coefficient (Wildman–Crippen LogP) is 4.32. The van der Waals surface area contributed by atoms with E-state index in [2.05, 4.69) is 0 Å². The lowest BCUT2D eigenvalue weighted by Crippen LogP contribution is -2.35. The lowest BCUT2D eigenvalue weighted by Gasteiger charge is -2.26. The van der Waals surface area contributed by atoms with Crippen LogP contribution in [0.2, 0.25) is 0 Å². The number of likely N-dealkylation sites (tertiary alicyclic amines) is 1. The number of carbonyl (C=O) groups is 2. The monoisotopic (exact) mass is 323 g/mol. The summed E-state index contributed by atoms with van der Waals surface area (Å²) in [6, 6.07) is 18.9. The van der Waals surface area contributed by atoms with Gasteiger partial charge >= 0.3 is 6.09 Å². The number of benzene rings is 2. The molecule has 2 amide bonds. The fourth-order valence-electron chi connectivity index (χ4n) is 3.24. The molecule has 1 aliphatic rings. The lowest BCUT2D eigenvalue weighted by molar-refractivity contribution is -0.127. The van der Waals surface area contributed by atoms with Gasteiger partial charge in [-0.1, -0.05) is 74.0 Å². The molecule has 2 aromatic rings. The standard InChI is InChI=1S/C20H21NO3/c1-2-16-13-18(22)21(19(16)17-11-7-4-8-12-17)20(23)24-14-15-9-5-3-6-10-15/h3-12,16,19H,2,13-14H2,1H3/t16-,19+/m0/s1. The van der Waals surface area contributed by atoms with Crippen molar-refractivity contribution in [2.24, 2.45) is 5.92 Å². The normalized spacial score (nSPS) is 20.2. The highest BCUT2D eigenvalue weighted by Crippen LogP contribution is 2.40. The maximum absolute atomic E-state index is 12.6. The molecule has 124 valence electrons. The minimum Gasteiger partial charge on any atom is -0.444 e. The van der Waals surface area contributed by atoms with Crippen molar-refractivity contribution in [2.45, 2.75) is 32.4 Å². The van der Waals surface area contributed by atoms with Crippen LogP contribution in [0, 0.1) is 5.92 Å². The van der Waals surface area contributed by atoms with E-state index in [1.807, 2.05) is 67.6 Å². The molecule has 1 fully saturated rings. The third-order valence-corrected chi connectivity index (χ3v) is 4.50. The Morgan fingerprint density at radius 1 is 1.08 bits per heavy atom. The molecule has 4 heteroatoms. The second-order valence-electron chi connectivity index (χ2n) is 6.03. The van der Waals surface area contributed by atoms with E-state index in [0.717, 1.165) is 17.5 Å². The van der Waals surface area contributed by atoms with Gasteiger partial charge in [-0.3, -0.25) is 4.79 Å². The van der Waals surface area contributed by atoms with Crippen LogP contribution < -0.4 is 0 Å². The van der Waals surface area contributed by atoms with Gasteiger partial charge in [-0.2, -0.15) is 0 Å². The number of nitrogens with zero attached hydrogens (tertiary/aromatic N) is 1. The summed E-state index contributed by atoms with van der Waals surface area (Å²) < 4.78 is 5.39. The fourth-order valence-corrected chi connectivity index (χ4v) is 3.24. The second kappa shape index (κ2) is 7.30.